The molecule has 0 bridgehead atoms. The molecule has 3 unspecified atom stereocenters. The summed E-state index contributed by atoms with van der Waals surface area (Å²) >= 11 is 0. The van der Waals surface area contributed by atoms with Gasteiger partial charge in [0.1, 0.15) is 0 Å². The molecule has 2 heterocycles. The first-order valence-corrected chi connectivity index (χ1v) is 10.6. The first-order valence-electron chi connectivity index (χ1n) is 10.6. The minimum absolute atomic E-state index is 0.304. The third-order valence-electron chi connectivity index (χ3n) is 6.51. The van der Waals surface area contributed by atoms with Gasteiger partial charge in [0.2, 0.25) is 6.29 Å². The molecular weight excluding hydrogens is 368 g/mol. The molecule has 3 aliphatic rings. The lowest BCUT2D eigenvalue weighted by atomic mass is 9.71. The van der Waals surface area contributed by atoms with Gasteiger partial charge in [0.05, 0.1) is 6.10 Å². The van der Waals surface area contributed by atoms with Crippen LogP contribution in [0.1, 0.15) is 72.6 Å². The number of aliphatic hydroxyl groups is 2. The van der Waals surface area contributed by atoms with Crippen molar-refractivity contribution in [3.63, 3.8) is 0 Å². The Morgan fingerprint density at radius 1 is 1.31 bits per heavy atom. The van der Waals surface area contributed by atoms with Crippen LogP contribution in [0.3, 0.4) is 0 Å². The van der Waals surface area contributed by atoms with Crippen LogP contribution in [0.4, 0.5) is 0 Å². The van der Waals surface area contributed by atoms with E-state index in [0.717, 1.165) is 18.4 Å². The lowest BCUT2D eigenvalue weighted by molar-refractivity contribution is -0.155. The van der Waals surface area contributed by atoms with Crippen LogP contribution in [0.5, 0.6) is 0 Å². The molecule has 0 radical (unpaired) electrons. The lowest BCUT2D eigenvalue weighted by Gasteiger charge is -2.35. The molecule has 0 spiro atoms. The number of cyclic esters (lactones) is 1. The zero-order valence-corrected chi connectivity index (χ0v) is 18.0. The van der Waals surface area contributed by atoms with E-state index in [4.69, 9.17) is 9.47 Å². The van der Waals surface area contributed by atoms with Gasteiger partial charge in [0.25, 0.3) is 0 Å². The third kappa shape index (κ3) is 5.27. The molecule has 29 heavy (non-hydrogen) atoms. The maximum atomic E-state index is 11.3. The number of carbonyl (C=O) groups is 1. The molecule has 2 aliphatic heterocycles. The number of esters is 1. The maximum Gasteiger partial charge on any atom is 0.333 e. The Hall–Kier alpha value is -1.69. The molecule has 0 aromatic rings. The zero-order valence-electron chi connectivity index (χ0n) is 18.0. The second-order valence-electron chi connectivity index (χ2n) is 9.18. The maximum absolute atomic E-state index is 11.3. The summed E-state index contributed by atoms with van der Waals surface area (Å²) in [6.45, 7) is 9.14. The largest absolute Gasteiger partial charge is 0.429 e. The van der Waals surface area contributed by atoms with Crippen molar-refractivity contribution in [2.45, 2.75) is 91.3 Å². The number of carbonyl (C=O) groups excluding carboxylic acids is 1. The van der Waals surface area contributed by atoms with Gasteiger partial charge in [0.15, 0.2) is 6.29 Å². The molecule has 2 N–H and O–H groups in total. The van der Waals surface area contributed by atoms with Crippen molar-refractivity contribution in [1.82, 2.24) is 0 Å². The van der Waals surface area contributed by atoms with Gasteiger partial charge < -0.3 is 19.7 Å². The van der Waals surface area contributed by atoms with Crippen LogP contribution in [-0.4, -0.2) is 34.9 Å². The molecule has 5 nitrogen and oxygen atoms in total. The fraction of sp³-hybridized carbons (Fsp3) is 0.625. The van der Waals surface area contributed by atoms with E-state index in [1.165, 1.54) is 30.9 Å². The Kier molecular flexibility index (Phi) is 6.82. The van der Waals surface area contributed by atoms with Crippen LogP contribution >= 0.6 is 0 Å². The number of hydrogen-bond acceptors (Lipinski definition) is 5. The van der Waals surface area contributed by atoms with Crippen molar-refractivity contribution < 1.29 is 24.5 Å². The summed E-state index contributed by atoms with van der Waals surface area (Å²) in [5.74, 6) is -0.578. The Morgan fingerprint density at radius 3 is 2.69 bits per heavy atom. The van der Waals surface area contributed by atoms with Crippen LogP contribution in [0.15, 0.2) is 46.1 Å². The lowest BCUT2D eigenvalue weighted by Crippen LogP contribution is -2.32. The standard InChI is InChI=1S/C24H34O5/c1-15(8-11-19-16(2)6-5-13-24(19,3)4)7-9-17-10-12-20(28-22(17)26)18-14-21(25)29-23(18)27/h7,10,14,20,22-23,26-27H,5-6,8-9,11-13H2,1-4H3/b15-7+. The summed E-state index contributed by atoms with van der Waals surface area (Å²) < 4.78 is 10.3. The van der Waals surface area contributed by atoms with Gasteiger partial charge in [-0.2, -0.15) is 0 Å². The first kappa shape index (κ1) is 22.0. The topological polar surface area (TPSA) is 76.0 Å². The highest BCUT2D eigenvalue weighted by atomic mass is 16.6. The van der Waals surface area contributed by atoms with E-state index in [1.807, 2.05) is 6.08 Å². The average Bonchev–Trinajstić information content (AvgIpc) is 2.98. The van der Waals surface area contributed by atoms with Crippen molar-refractivity contribution >= 4 is 5.97 Å². The quantitative estimate of drug-likeness (QED) is 0.507. The number of hydrogen-bond donors (Lipinski definition) is 2. The highest BCUT2D eigenvalue weighted by molar-refractivity contribution is 5.85. The highest BCUT2D eigenvalue weighted by Gasteiger charge is 2.34. The normalized spacial score (nSPS) is 30.2. The second-order valence-corrected chi connectivity index (χ2v) is 9.18. The summed E-state index contributed by atoms with van der Waals surface area (Å²) in [6.07, 6.45) is 9.54. The van der Waals surface area contributed by atoms with Gasteiger partial charge in [-0.1, -0.05) is 42.7 Å². The number of aliphatic hydroxyl groups excluding tert-OH is 2. The van der Waals surface area contributed by atoms with Gasteiger partial charge in [0, 0.05) is 11.6 Å². The van der Waals surface area contributed by atoms with E-state index in [1.54, 1.807) is 11.1 Å². The molecule has 160 valence electrons. The fourth-order valence-corrected chi connectivity index (χ4v) is 4.67. The van der Waals surface area contributed by atoms with Crippen LogP contribution in [0.25, 0.3) is 0 Å². The van der Waals surface area contributed by atoms with Crippen LogP contribution in [0.2, 0.25) is 0 Å². The molecule has 0 amide bonds. The number of ether oxygens (including phenoxy) is 2. The predicted octanol–water partition coefficient (Wildman–Crippen LogP) is 4.46. The van der Waals surface area contributed by atoms with Crippen molar-refractivity contribution in [1.29, 1.82) is 0 Å². The monoisotopic (exact) mass is 402 g/mol. The number of rotatable bonds is 6. The van der Waals surface area contributed by atoms with Crippen molar-refractivity contribution in [2.24, 2.45) is 5.41 Å². The molecular formula is C24H34O5. The minimum Gasteiger partial charge on any atom is -0.429 e. The molecule has 5 heteroatoms. The van der Waals surface area contributed by atoms with Gasteiger partial charge in [-0.3, -0.25) is 0 Å². The SMILES string of the molecule is CC1=C(CC/C(C)=C/CC2=CCC(C3=CC(=O)OC3O)OC2O)C(C)(C)CCC1. The first-order chi connectivity index (χ1) is 13.7. The Morgan fingerprint density at radius 2 is 2.07 bits per heavy atom. The molecule has 0 fully saturated rings. The third-order valence-corrected chi connectivity index (χ3v) is 6.51. The number of allylic oxidation sites excluding steroid dienone is 4. The zero-order chi connectivity index (χ0) is 21.2. The molecule has 0 aromatic heterocycles. The van der Waals surface area contributed by atoms with E-state index in [-0.39, 0.29) is 0 Å². The van der Waals surface area contributed by atoms with Crippen LogP contribution in [0, 0.1) is 5.41 Å². The molecule has 3 rings (SSSR count). The Bertz CT molecular complexity index is 768. The molecule has 3 atom stereocenters. The van der Waals surface area contributed by atoms with E-state index in [9.17, 15) is 15.0 Å². The van der Waals surface area contributed by atoms with Crippen LogP contribution in [-0.2, 0) is 14.3 Å². The average molecular weight is 403 g/mol. The molecule has 1 aliphatic carbocycles. The second kappa shape index (κ2) is 8.99. The summed E-state index contributed by atoms with van der Waals surface area (Å²) in [7, 11) is 0. The van der Waals surface area contributed by atoms with Crippen molar-refractivity contribution in [3.05, 3.63) is 46.1 Å². The highest BCUT2D eigenvalue weighted by Crippen LogP contribution is 2.42. The van der Waals surface area contributed by atoms with Crippen molar-refractivity contribution in [3.8, 4) is 0 Å². The Labute approximate surface area is 173 Å². The smallest absolute Gasteiger partial charge is 0.333 e. The summed E-state index contributed by atoms with van der Waals surface area (Å²) in [5, 5.41) is 20.1. The van der Waals surface area contributed by atoms with E-state index in [0.29, 0.717) is 23.8 Å². The van der Waals surface area contributed by atoms with E-state index < -0.39 is 24.7 Å². The summed E-state index contributed by atoms with van der Waals surface area (Å²) in [4.78, 5) is 11.3. The predicted molar refractivity (Wildman–Crippen MR) is 112 cm³/mol. The van der Waals surface area contributed by atoms with E-state index >= 15 is 0 Å². The van der Waals surface area contributed by atoms with Gasteiger partial charge in [-0.15, -0.1) is 0 Å². The summed E-state index contributed by atoms with van der Waals surface area (Å²) in [5.41, 5.74) is 5.97. The van der Waals surface area contributed by atoms with E-state index in [2.05, 4.69) is 33.8 Å². The molecule has 0 saturated carbocycles. The molecule has 0 saturated heterocycles. The van der Waals surface area contributed by atoms with Gasteiger partial charge >= 0.3 is 5.97 Å². The van der Waals surface area contributed by atoms with Crippen LogP contribution < -0.4 is 0 Å². The minimum atomic E-state index is -1.28. The molecule has 0 aromatic carbocycles. The fourth-order valence-electron chi connectivity index (χ4n) is 4.67. The Balaban J connectivity index is 1.55. The summed E-state index contributed by atoms with van der Waals surface area (Å²) in [6, 6.07) is 0. The van der Waals surface area contributed by atoms with Gasteiger partial charge in [-0.05, 0) is 69.8 Å². The van der Waals surface area contributed by atoms with Crippen molar-refractivity contribution in [2.75, 3.05) is 0 Å². The van der Waals surface area contributed by atoms with Gasteiger partial charge in [-0.25, -0.2) is 4.79 Å².